The number of hydrogen-bond donors (Lipinski definition) is 1. The van der Waals surface area contributed by atoms with Crippen molar-refractivity contribution in [2.45, 2.75) is 32.2 Å². The van der Waals surface area contributed by atoms with Crippen LogP contribution in [0, 0.1) is 0 Å². The Bertz CT molecular complexity index is 413. The van der Waals surface area contributed by atoms with E-state index in [4.69, 9.17) is 11.6 Å². The number of nitrogens with one attached hydrogen (secondary N) is 1. The third-order valence-corrected chi connectivity index (χ3v) is 5.69. The minimum atomic E-state index is 0.276. The Morgan fingerprint density at radius 1 is 1.42 bits per heavy atom. The summed E-state index contributed by atoms with van der Waals surface area (Å²) in [6.45, 7) is 3.37. The molecule has 0 aliphatic carbocycles. The van der Waals surface area contributed by atoms with E-state index in [0.29, 0.717) is 6.42 Å². The largest absolute Gasteiger partial charge is 0.343 e. The average Bonchev–Trinajstić information content (AvgIpc) is 2.74. The third-order valence-electron chi connectivity index (χ3n) is 3.22. The Kier molecular flexibility index (Phi) is 6.13. The van der Waals surface area contributed by atoms with Crippen molar-refractivity contribution >= 4 is 44.8 Å². The lowest BCUT2D eigenvalue weighted by molar-refractivity contribution is -0.131. The Balaban J connectivity index is 1.64. The molecule has 2 heterocycles. The molecule has 1 aromatic heterocycles. The normalized spacial score (nSPS) is 15.8. The zero-order valence-corrected chi connectivity index (χ0v) is 13.9. The first-order valence-electron chi connectivity index (χ1n) is 6.59. The molecule has 106 valence electrons. The third kappa shape index (κ3) is 4.74. The van der Waals surface area contributed by atoms with E-state index in [9.17, 15) is 4.79 Å². The van der Waals surface area contributed by atoms with Gasteiger partial charge in [0, 0.05) is 41.9 Å². The molecule has 19 heavy (non-hydrogen) atoms. The number of carbonyl (C=O) groups is 1. The van der Waals surface area contributed by atoms with E-state index in [0.717, 1.165) is 47.8 Å². The number of halogens is 2. The van der Waals surface area contributed by atoms with Crippen LogP contribution in [0.25, 0.3) is 0 Å². The predicted molar refractivity (Wildman–Crippen MR) is 83.8 cm³/mol. The molecule has 0 atom stereocenters. The second-order valence-corrected chi connectivity index (χ2v) is 7.30. The van der Waals surface area contributed by atoms with Gasteiger partial charge in [0.2, 0.25) is 5.91 Å². The fourth-order valence-electron chi connectivity index (χ4n) is 2.19. The van der Waals surface area contributed by atoms with Crippen molar-refractivity contribution in [1.29, 1.82) is 0 Å². The number of piperidine rings is 1. The Hall–Kier alpha value is -0.100. The summed E-state index contributed by atoms with van der Waals surface area (Å²) in [5.41, 5.74) is 0. The standard InChI is InChI=1S/C13H18BrClN2OS/c14-11-8-10(19-13(11)15)9-16-5-4-12(18)17-6-2-1-3-7-17/h8,16H,1-7,9H2. The first kappa shape index (κ1) is 15.3. The molecule has 1 saturated heterocycles. The molecule has 2 rings (SSSR count). The Labute approximate surface area is 131 Å². The Morgan fingerprint density at radius 2 is 2.16 bits per heavy atom. The molecular formula is C13H18BrClN2OS. The molecule has 1 aliphatic rings. The highest BCUT2D eigenvalue weighted by Crippen LogP contribution is 2.31. The van der Waals surface area contributed by atoms with Gasteiger partial charge >= 0.3 is 0 Å². The summed E-state index contributed by atoms with van der Waals surface area (Å²) in [6.07, 6.45) is 4.15. The van der Waals surface area contributed by atoms with Crippen LogP contribution < -0.4 is 5.32 Å². The fourth-order valence-corrected chi connectivity index (χ4v) is 3.95. The van der Waals surface area contributed by atoms with Crippen LogP contribution in [-0.2, 0) is 11.3 Å². The van der Waals surface area contributed by atoms with E-state index in [1.807, 2.05) is 11.0 Å². The molecule has 0 aromatic carbocycles. The van der Waals surface area contributed by atoms with Crippen LogP contribution in [0.15, 0.2) is 10.5 Å². The van der Waals surface area contributed by atoms with Crippen LogP contribution in [0.3, 0.4) is 0 Å². The van der Waals surface area contributed by atoms with Gasteiger partial charge in [0.1, 0.15) is 4.34 Å². The molecule has 6 heteroatoms. The van der Waals surface area contributed by atoms with Crippen molar-refractivity contribution < 1.29 is 4.79 Å². The van der Waals surface area contributed by atoms with E-state index >= 15 is 0 Å². The van der Waals surface area contributed by atoms with Gasteiger partial charge in [-0.2, -0.15) is 0 Å². The molecule has 0 bridgehead atoms. The Morgan fingerprint density at radius 3 is 2.79 bits per heavy atom. The summed E-state index contributed by atoms with van der Waals surface area (Å²) in [7, 11) is 0. The number of thiophene rings is 1. The van der Waals surface area contributed by atoms with Gasteiger partial charge < -0.3 is 10.2 Å². The molecule has 1 N–H and O–H groups in total. The lowest BCUT2D eigenvalue weighted by atomic mass is 10.1. The summed E-state index contributed by atoms with van der Waals surface area (Å²) >= 11 is 10.9. The molecule has 0 saturated carbocycles. The smallest absolute Gasteiger partial charge is 0.223 e. The minimum absolute atomic E-state index is 0.276. The van der Waals surface area contributed by atoms with Crippen LogP contribution in [0.2, 0.25) is 4.34 Å². The molecule has 1 amide bonds. The van der Waals surface area contributed by atoms with Gasteiger partial charge in [-0.05, 0) is 41.3 Å². The highest BCUT2D eigenvalue weighted by molar-refractivity contribution is 9.10. The van der Waals surface area contributed by atoms with Gasteiger partial charge in [-0.1, -0.05) is 11.6 Å². The summed E-state index contributed by atoms with van der Waals surface area (Å²) in [4.78, 5) is 15.1. The molecule has 0 radical (unpaired) electrons. The highest BCUT2D eigenvalue weighted by Gasteiger charge is 2.15. The van der Waals surface area contributed by atoms with Crippen molar-refractivity contribution in [3.63, 3.8) is 0 Å². The van der Waals surface area contributed by atoms with E-state index in [-0.39, 0.29) is 5.91 Å². The summed E-state index contributed by atoms with van der Waals surface area (Å²) in [6, 6.07) is 2.02. The van der Waals surface area contributed by atoms with Gasteiger partial charge in [0.25, 0.3) is 0 Å². The van der Waals surface area contributed by atoms with Crippen molar-refractivity contribution in [2.75, 3.05) is 19.6 Å². The van der Waals surface area contributed by atoms with Crippen LogP contribution in [-0.4, -0.2) is 30.4 Å². The number of amides is 1. The molecule has 1 aliphatic heterocycles. The summed E-state index contributed by atoms with van der Waals surface area (Å²) in [5.74, 6) is 0.276. The highest BCUT2D eigenvalue weighted by atomic mass is 79.9. The van der Waals surface area contributed by atoms with Crippen molar-refractivity contribution in [1.82, 2.24) is 10.2 Å². The quantitative estimate of drug-likeness (QED) is 0.808. The minimum Gasteiger partial charge on any atom is -0.343 e. The van der Waals surface area contributed by atoms with Gasteiger partial charge in [-0.15, -0.1) is 11.3 Å². The van der Waals surface area contributed by atoms with E-state index in [1.165, 1.54) is 11.3 Å². The van der Waals surface area contributed by atoms with Crippen molar-refractivity contribution in [2.24, 2.45) is 0 Å². The second kappa shape index (κ2) is 7.62. The fraction of sp³-hybridized carbons (Fsp3) is 0.615. The number of rotatable bonds is 5. The van der Waals surface area contributed by atoms with Crippen LogP contribution >= 0.6 is 38.9 Å². The summed E-state index contributed by atoms with van der Waals surface area (Å²) in [5, 5.41) is 3.30. The number of carbonyl (C=O) groups excluding carboxylic acids is 1. The van der Waals surface area contributed by atoms with Crippen LogP contribution in [0.5, 0.6) is 0 Å². The zero-order chi connectivity index (χ0) is 13.7. The number of likely N-dealkylation sites (tertiary alicyclic amines) is 1. The predicted octanol–water partition coefficient (Wildman–Crippen LogP) is 3.66. The first-order chi connectivity index (χ1) is 9.16. The average molecular weight is 366 g/mol. The lowest BCUT2D eigenvalue weighted by Gasteiger charge is -2.26. The van der Waals surface area contributed by atoms with E-state index < -0.39 is 0 Å². The van der Waals surface area contributed by atoms with Gasteiger partial charge in [0.05, 0.1) is 0 Å². The molecule has 1 fully saturated rings. The summed E-state index contributed by atoms with van der Waals surface area (Å²) < 4.78 is 1.72. The lowest BCUT2D eigenvalue weighted by Crippen LogP contribution is -2.37. The van der Waals surface area contributed by atoms with Crippen molar-refractivity contribution in [3.05, 3.63) is 19.8 Å². The number of hydrogen-bond acceptors (Lipinski definition) is 3. The molecule has 0 unspecified atom stereocenters. The second-order valence-electron chi connectivity index (χ2n) is 4.70. The maximum absolute atomic E-state index is 11.9. The molecule has 1 aromatic rings. The monoisotopic (exact) mass is 364 g/mol. The van der Waals surface area contributed by atoms with Crippen LogP contribution in [0.4, 0.5) is 0 Å². The molecule has 0 spiro atoms. The van der Waals surface area contributed by atoms with E-state index in [1.54, 1.807) is 11.3 Å². The van der Waals surface area contributed by atoms with Gasteiger partial charge in [-0.25, -0.2) is 0 Å². The maximum atomic E-state index is 11.9. The number of nitrogens with zero attached hydrogens (tertiary/aromatic N) is 1. The topological polar surface area (TPSA) is 32.3 Å². The SMILES string of the molecule is O=C(CCNCc1cc(Br)c(Cl)s1)N1CCCCC1. The molecule has 3 nitrogen and oxygen atoms in total. The molecular weight excluding hydrogens is 348 g/mol. The maximum Gasteiger partial charge on any atom is 0.223 e. The van der Waals surface area contributed by atoms with Crippen LogP contribution in [0.1, 0.15) is 30.6 Å². The van der Waals surface area contributed by atoms with Gasteiger partial charge in [-0.3, -0.25) is 4.79 Å². The zero-order valence-electron chi connectivity index (χ0n) is 10.8. The van der Waals surface area contributed by atoms with Crippen molar-refractivity contribution in [3.8, 4) is 0 Å². The van der Waals surface area contributed by atoms with Gasteiger partial charge in [0.15, 0.2) is 0 Å². The first-order valence-corrected chi connectivity index (χ1v) is 8.58. The van der Waals surface area contributed by atoms with E-state index in [2.05, 4.69) is 21.2 Å².